The molecule has 0 radical (unpaired) electrons. The van der Waals surface area contributed by atoms with Crippen molar-refractivity contribution in [2.45, 2.75) is 26.7 Å². The van der Waals surface area contributed by atoms with Gasteiger partial charge in [0, 0.05) is 6.42 Å². The Morgan fingerprint density at radius 1 is 1.05 bits per heavy atom. The number of hydrogen-bond acceptors (Lipinski definition) is 2. The van der Waals surface area contributed by atoms with E-state index in [1.165, 1.54) is 5.56 Å². The maximum atomic E-state index is 12.1. The van der Waals surface area contributed by atoms with Crippen molar-refractivity contribution in [2.75, 3.05) is 11.9 Å². The second-order valence-corrected chi connectivity index (χ2v) is 5.73. The maximum absolute atomic E-state index is 12.1. The standard InChI is InChI=1S/C19H23NO2/c1-15(2)14-22-18-11-7-6-10-17(18)20-19(21)13-12-16-8-4-3-5-9-16/h3-11,15H,12-14H2,1-2H3,(H,20,21). The molecule has 0 aliphatic heterocycles. The molecule has 0 spiro atoms. The van der Waals surface area contributed by atoms with E-state index in [2.05, 4.69) is 19.2 Å². The van der Waals surface area contributed by atoms with Gasteiger partial charge >= 0.3 is 0 Å². The third kappa shape index (κ3) is 5.24. The van der Waals surface area contributed by atoms with Crippen molar-refractivity contribution in [3.05, 3.63) is 60.2 Å². The molecular weight excluding hydrogens is 274 g/mol. The van der Waals surface area contributed by atoms with Crippen LogP contribution in [-0.4, -0.2) is 12.5 Å². The Morgan fingerprint density at radius 2 is 1.73 bits per heavy atom. The van der Waals surface area contributed by atoms with Gasteiger partial charge in [-0.05, 0) is 30.0 Å². The molecule has 1 N–H and O–H groups in total. The Bertz CT molecular complexity index is 593. The van der Waals surface area contributed by atoms with E-state index in [1.807, 2.05) is 54.6 Å². The summed E-state index contributed by atoms with van der Waals surface area (Å²) in [6.45, 7) is 4.83. The van der Waals surface area contributed by atoms with Gasteiger partial charge in [0.25, 0.3) is 0 Å². The van der Waals surface area contributed by atoms with E-state index >= 15 is 0 Å². The van der Waals surface area contributed by atoms with Gasteiger partial charge in [0.2, 0.25) is 5.91 Å². The number of benzene rings is 2. The highest BCUT2D eigenvalue weighted by Gasteiger charge is 2.08. The summed E-state index contributed by atoms with van der Waals surface area (Å²) in [5.74, 6) is 1.18. The van der Waals surface area contributed by atoms with Gasteiger partial charge in [0.15, 0.2) is 0 Å². The van der Waals surface area contributed by atoms with Gasteiger partial charge in [0.1, 0.15) is 5.75 Å². The van der Waals surface area contributed by atoms with Crippen LogP contribution in [0.2, 0.25) is 0 Å². The number of anilines is 1. The zero-order valence-corrected chi connectivity index (χ0v) is 13.2. The molecule has 0 bridgehead atoms. The summed E-state index contributed by atoms with van der Waals surface area (Å²) in [4.78, 5) is 12.1. The monoisotopic (exact) mass is 297 g/mol. The molecule has 3 heteroatoms. The molecule has 3 nitrogen and oxygen atoms in total. The van der Waals surface area contributed by atoms with E-state index in [4.69, 9.17) is 4.74 Å². The minimum Gasteiger partial charge on any atom is -0.491 e. The summed E-state index contributed by atoms with van der Waals surface area (Å²) in [6.07, 6.45) is 1.20. The molecule has 0 saturated carbocycles. The molecule has 0 aromatic heterocycles. The molecule has 1 amide bonds. The van der Waals surface area contributed by atoms with E-state index in [9.17, 15) is 4.79 Å². The van der Waals surface area contributed by atoms with Crippen molar-refractivity contribution in [1.82, 2.24) is 0 Å². The van der Waals surface area contributed by atoms with Gasteiger partial charge in [0.05, 0.1) is 12.3 Å². The second-order valence-electron chi connectivity index (χ2n) is 5.73. The number of aryl methyl sites for hydroxylation is 1. The fourth-order valence-electron chi connectivity index (χ4n) is 2.07. The van der Waals surface area contributed by atoms with Crippen molar-refractivity contribution >= 4 is 11.6 Å². The molecule has 0 aliphatic rings. The van der Waals surface area contributed by atoms with Crippen molar-refractivity contribution in [1.29, 1.82) is 0 Å². The first-order chi connectivity index (χ1) is 10.6. The van der Waals surface area contributed by atoms with E-state index in [0.717, 1.165) is 17.9 Å². The van der Waals surface area contributed by atoms with Crippen LogP contribution in [0.3, 0.4) is 0 Å². The number of hydrogen-bond donors (Lipinski definition) is 1. The predicted molar refractivity (Wildman–Crippen MR) is 90.2 cm³/mol. The van der Waals surface area contributed by atoms with Gasteiger partial charge < -0.3 is 10.1 Å². The van der Waals surface area contributed by atoms with Gasteiger partial charge in [-0.15, -0.1) is 0 Å². The summed E-state index contributed by atoms with van der Waals surface area (Å²) < 4.78 is 5.75. The number of rotatable bonds is 7. The van der Waals surface area contributed by atoms with Gasteiger partial charge in [-0.1, -0.05) is 56.3 Å². The molecule has 0 atom stereocenters. The Balaban J connectivity index is 1.91. The minimum absolute atomic E-state index is 0.00412. The van der Waals surface area contributed by atoms with Crippen LogP contribution in [0.25, 0.3) is 0 Å². The lowest BCUT2D eigenvalue weighted by Gasteiger charge is -2.13. The van der Waals surface area contributed by atoms with Crippen LogP contribution in [-0.2, 0) is 11.2 Å². The number of para-hydroxylation sites is 2. The largest absolute Gasteiger partial charge is 0.491 e. The normalized spacial score (nSPS) is 10.5. The molecule has 2 aromatic carbocycles. The molecule has 0 fully saturated rings. The smallest absolute Gasteiger partial charge is 0.224 e. The molecule has 116 valence electrons. The summed E-state index contributed by atoms with van der Waals surface area (Å²) in [5, 5.41) is 2.94. The van der Waals surface area contributed by atoms with Crippen molar-refractivity contribution in [2.24, 2.45) is 5.92 Å². The SMILES string of the molecule is CC(C)COc1ccccc1NC(=O)CCc1ccccc1. The molecule has 2 aromatic rings. The molecule has 22 heavy (non-hydrogen) atoms. The highest BCUT2D eigenvalue weighted by Crippen LogP contribution is 2.24. The molecule has 0 aliphatic carbocycles. The molecule has 2 rings (SSSR count). The summed E-state index contributed by atoms with van der Waals surface area (Å²) in [6, 6.07) is 17.6. The van der Waals surface area contributed by atoms with Crippen LogP contribution in [0.15, 0.2) is 54.6 Å². The van der Waals surface area contributed by atoms with Crippen LogP contribution in [0.5, 0.6) is 5.75 Å². The van der Waals surface area contributed by atoms with Crippen LogP contribution in [0.4, 0.5) is 5.69 Å². The average Bonchev–Trinajstić information content (AvgIpc) is 2.53. The number of carbonyl (C=O) groups is 1. The van der Waals surface area contributed by atoms with Crippen molar-refractivity contribution < 1.29 is 9.53 Å². The van der Waals surface area contributed by atoms with E-state index in [-0.39, 0.29) is 5.91 Å². The van der Waals surface area contributed by atoms with Gasteiger partial charge in [-0.2, -0.15) is 0 Å². The van der Waals surface area contributed by atoms with Crippen LogP contribution >= 0.6 is 0 Å². The molecule has 0 heterocycles. The summed E-state index contributed by atoms with van der Waals surface area (Å²) in [7, 11) is 0. The summed E-state index contributed by atoms with van der Waals surface area (Å²) in [5.41, 5.74) is 1.91. The van der Waals surface area contributed by atoms with Crippen LogP contribution in [0.1, 0.15) is 25.8 Å². The van der Waals surface area contributed by atoms with Gasteiger partial charge in [-0.3, -0.25) is 4.79 Å². The number of amides is 1. The summed E-state index contributed by atoms with van der Waals surface area (Å²) >= 11 is 0. The number of carbonyl (C=O) groups excluding carboxylic acids is 1. The van der Waals surface area contributed by atoms with E-state index in [0.29, 0.717) is 18.9 Å². The average molecular weight is 297 g/mol. The number of ether oxygens (including phenoxy) is 1. The van der Waals surface area contributed by atoms with Crippen LogP contribution < -0.4 is 10.1 Å². The highest BCUT2D eigenvalue weighted by atomic mass is 16.5. The maximum Gasteiger partial charge on any atom is 0.224 e. The lowest BCUT2D eigenvalue weighted by molar-refractivity contribution is -0.116. The predicted octanol–water partition coefficient (Wildman–Crippen LogP) is 4.29. The lowest BCUT2D eigenvalue weighted by atomic mass is 10.1. The topological polar surface area (TPSA) is 38.3 Å². The first kappa shape index (κ1) is 16.1. The third-order valence-electron chi connectivity index (χ3n) is 3.22. The van der Waals surface area contributed by atoms with Gasteiger partial charge in [-0.25, -0.2) is 0 Å². The van der Waals surface area contributed by atoms with Crippen molar-refractivity contribution in [3.8, 4) is 5.75 Å². The van der Waals surface area contributed by atoms with E-state index < -0.39 is 0 Å². The fraction of sp³-hybridized carbons (Fsp3) is 0.316. The molecule has 0 unspecified atom stereocenters. The quantitative estimate of drug-likeness (QED) is 0.827. The highest BCUT2D eigenvalue weighted by molar-refractivity contribution is 5.92. The second kappa shape index (κ2) is 8.23. The lowest BCUT2D eigenvalue weighted by Crippen LogP contribution is -2.14. The van der Waals surface area contributed by atoms with Crippen LogP contribution in [0, 0.1) is 5.92 Å². The number of nitrogens with one attached hydrogen (secondary N) is 1. The van der Waals surface area contributed by atoms with E-state index in [1.54, 1.807) is 0 Å². The first-order valence-corrected chi connectivity index (χ1v) is 7.71. The zero-order chi connectivity index (χ0) is 15.8. The fourth-order valence-corrected chi connectivity index (χ4v) is 2.07. The minimum atomic E-state index is 0.00412. The molecular formula is C19H23NO2. The Kier molecular flexibility index (Phi) is 6.01. The molecule has 0 saturated heterocycles. The zero-order valence-electron chi connectivity index (χ0n) is 13.2. The Hall–Kier alpha value is -2.29. The first-order valence-electron chi connectivity index (χ1n) is 7.71. The Labute approximate surface area is 132 Å². The van der Waals surface area contributed by atoms with Crippen molar-refractivity contribution in [3.63, 3.8) is 0 Å². The Morgan fingerprint density at radius 3 is 2.45 bits per heavy atom. The third-order valence-corrected chi connectivity index (χ3v) is 3.22.